The Morgan fingerprint density at radius 2 is 2.00 bits per heavy atom. The Kier molecular flexibility index (Phi) is 5.27. The van der Waals surface area contributed by atoms with Crippen LogP contribution in [0.2, 0.25) is 0 Å². The standard InChI is InChI=1S/C21H19N7O3/c1-12-25-11-17(28(12)18-4-2-3-6-24-18)21(31)27-15(19(29)20(22)30)8-13-9-26-16-10-23-7-5-14(13)16/h2-7,9-11,15,26H,8H2,1H3,(H2,22,30)(H,27,31). The Morgan fingerprint density at radius 1 is 1.16 bits per heavy atom. The molecule has 0 saturated heterocycles. The first-order valence-corrected chi connectivity index (χ1v) is 9.46. The van der Waals surface area contributed by atoms with Crippen LogP contribution >= 0.6 is 0 Å². The Hall–Kier alpha value is -4.34. The summed E-state index contributed by atoms with van der Waals surface area (Å²) in [6.07, 6.45) is 8.05. The molecule has 31 heavy (non-hydrogen) atoms. The summed E-state index contributed by atoms with van der Waals surface area (Å²) in [6.45, 7) is 1.73. The van der Waals surface area contributed by atoms with Crippen molar-refractivity contribution in [3.8, 4) is 5.82 Å². The number of aryl methyl sites for hydroxylation is 1. The quantitative estimate of drug-likeness (QED) is 0.380. The summed E-state index contributed by atoms with van der Waals surface area (Å²) in [5.41, 5.74) is 6.93. The number of aromatic nitrogens is 5. The van der Waals surface area contributed by atoms with Crippen molar-refractivity contribution in [2.75, 3.05) is 0 Å². The molecule has 0 aliphatic heterocycles. The van der Waals surface area contributed by atoms with Crippen LogP contribution in [-0.4, -0.2) is 48.1 Å². The van der Waals surface area contributed by atoms with Gasteiger partial charge in [0.2, 0.25) is 5.78 Å². The van der Waals surface area contributed by atoms with Crippen LogP contribution in [0.3, 0.4) is 0 Å². The van der Waals surface area contributed by atoms with Crippen LogP contribution in [0.1, 0.15) is 21.9 Å². The van der Waals surface area contributed by atoms with Crippen LogP contribution < -0.4 is 11.1 Å². The first-order valence-electron chi connectivity index (χ1n) is 9.46. The van der Waals surface area contributed by atoms with Crippen molar-refractivity contribution in [3.63, 3.8) is 0 Å². The number of nitrogens with one attached hydrogen (secondary N) is 2. The van der Waals surface area contributed by atoms with Gasteiger partial charge < -0.3 is 16.0 Å². The molecule has 4 aromatic heterocycles. The van der Waals surface area contributed by atoms with Crippen molar-refractivity contribution in [1.82, 2.24) is 29.8 Å². The largest absolute Gasteiger partial charge is 0.363 e. The minimum Gasteiger partial charge on any atom is -0.363 e. The molecule has 4 rings (SSSR count). The number of carbonyl (C=O) groups is 3. The number of hydrogen-bond donors (Lipinski definition) is 3. The number of imidazole rings is 1. The molecule has 2 amide bonds. The van der Waals surface area contributed by atoms with Gasteiger partial charge in [-0.1, -0.05) is 6.07 Å². The van der Waals surface area contributed by atoms with Crippen molar-refractivity contribution in [1.29, 1.82) is 0 Å². The first kappa shape index (κ1) is 20.0. The van der Waals surface area contributed by atoms with E-state index in [0.717, 1.165) is 16.5 Å². The van der Waals surface area contributed by atoms with Gasteiger partial charge in [0, 0.05) is 30.4 Å². The molecule has 0 spiro atoms. The van der Waals surface area contributed by atoms with E-state index in [4.69, 9.17) is 5.73 Å². The molecule has 10 nitrogen and oxygen atoms in total. The molecule has 156 valence electrons. The summed E-state index contributed by atoms with van der Waals surface area (Å²) in [6, 6.07) is 5.92. The fourth-order valence-electron chi connectivity index (χ4n) is 3.41. The Labute approximate surface area is 176 Å². The van der Waals surface area contributed by atoms with E-state index >= 15 is 0 Å². The third kappa shape index (κ3) is 3.90. The zero-order valence-corrected chi connectivity index (χ0v) is 16.6. The van der Waals surface area contributed by atoms with Crippen LogP contribution in [0.25, 0.3) is 16.7 Å². The Bertz CT molecular complexity index is 1280. The van der Waals surface area contributed by atoms with E-state index in [-0.39, 0.29) is 12.1 Å². The van der Waals surface area contributed by atoms with E-state index in [2.05, 4.69) is 25.3 Å². The van der Waals surface area contributed by atoms with Crippen molar-refractivity contribution in [3.05, 3.63) is 72.3 Å². The minimum atomic E-state index is -1.15. The van der Waals surface area contributed by atoms with Gasteiger partial charge >= 0.3 is 0 Å². The van der Waals surface area contributed by atoms with Gasteiger partial charge in [-0.3, -0.25) is 23.9 Å². The lowest BCUT2D eigenvalue weighted by Gasteiger charge is -2.17. The topological polar surface area (TPSA) is 149 Å². The number of primary amides is 1. The van der Waals surface area contributed by atoms with E-state index in [1.807, 2.05) is 0 Å². The maximum Gasteiger partial charge on any atom is 0.287 e. The van der Waals surface area contributed by atoms with E-state index < -0.39 is 23.6 Å². The second-order valence-electron chi connectivity index (χ2n) is 6.91. The third-order valence-corrected chi connectivity index (χ3v) is 4.91. The molecular formula is C21H19N7O3. The molecule has 0 aliphatic carbocycles. The Morgan fingerprint density at radius 3 is 2.74 bits per heavy atom. The lowest BCUT2D eigenvalue weighted by atomic mass is 10.0. The molecule has 0 aliphatic rings. The molecule has 0 aromatic carbocycles. The molecule has 0 radical (unpaired) electrons. The van der Waals surface area contributed by atoms with Crippen LogP contribution in [0.5, 0.6) is 0 Å². The molecule has 0 fully saturated rings. The van der Waals surface area contributed by atoms with Crippen LogP contribution in [0.15, 0.2) is 55.2 Å². The van der Waals surface area contributed by atoms with E-state index in [1.54, 1.807) is 60.5 Å². The van der Waals surface area contributed by atoms with E-state index in [1.165, 1.54) is 6.20 Å². The van der Waals surface area contributed by atoms with Crippen molar-refractivity contribution in [2.24, 2.45) is 5.73 Å². The number of pyridine rings is 2. The lowest BCUT2D eigenvalue weighted by molar-refractivity contribution is -0.137. The highest BCUT2D eigenvalue weighted by Gasteiger charge is 2.28. The summed E-state index contributed by atoms with van der Waals surface area (Å²) in [4.78, 5) is 52.7. The summed E-state index contributed by atoms with van der Waals surface area (Å²) in [7, 11) is 0. The highest BCUT2D eigenvalue weighted by atomic mass is 16.2. The lowest BCUT2D eigenvalue weighted by Crippen LogP contribution is -2.47. The number of nitrogens with two attached hydrogens (primary N) is 1. The number of aromatic amines is 1. The molecular weight excluding hydrogens is 398 g/mol. The number of amides is 2. The molecule has 0 saturated carbocycles. The van der Waals surface area contributed by atoms with Crippen molar-refractivity contribution in [2.45, 2.75) is 19.4 Å². The zero-order valence-electron chi connectivity index (χ0n) is 16.6. The van der Waals surface area contributed by atoms with Crippen molar-refractivity contribution >= 4 is 28.5 Å². The van der Waals surface area contributed by atoms with Gasteiger partial charge in [0.05, 0.1) is 17.9 Å². The molecule has 4 aromatic rings. The smallest absolute Gasteiger partial charge is 0.287 e. The molecule has 10 heteroatoms. The number of fused-ring (bicyclic) bond motifs is 1. The van der Waals surface area contributed by atoms with Crippen LogP contribution in [0, 0.1) is 6.92 Å². The summed E-state index contributed by atoms with van der Waals surface area (Å²) in [5.74, 6) is -1.54. The number of H-pyrrole nitrogens is 1. The summed E-state index contributed by atoms with van der Waals surface area (Å²) >= 11 is 0. The van der Waals surface area contributed by atoms with Crippen LogP contribution in [-0.2, 0) is 16.0 Å². The van der Waals surface area contributed by atoms with Gasteiger partial charge in [-0.25, -0.2) is 9.97 Å². The highest BCUT2D eigenvalue weighted by Crippen LogP contribution is 2.19. The highest BCUT2D eigenvalue weighted by molar-refractivity contribution is 6.38. The predicted molar refractivity (Wildman–Crippen MR) is 111 cm³/mol. The molecule has 1 unspecified atom stereocenters. The first-order chi connectivity index (χ1) is 15.0. The van der Waals surface area contributed by atoms with Gasteiger partial charge in [-0.15, -0.1) is 0 Å². The second kappa shape index (κ2) is 8.19. The number of rotatable bonds is 7. The molecule has 4 heterocycles. The fourth-order valence-corrected chi connectivity index (χ4v) is 3.41. The predicted octanol–water partition coefficient (Wildman–Crippen LogP) is 0.848. The van der Waals surface area contributed by atoms with Gasteiger partial charge in [0.15, 0.2) is 0 Å². The van der Waals surface area contributed by atoms with Gasteiger partial charge in [0.1, 0.15) is 23.4 Å². The van der Waals surface area contributed by atoms with Gasteiger partial charge in [-0.05, 0) is 30.7 Å². The average Bonchev–Trinajstić information content (AvgIpc) is 3.37. The van der Waals surface area contributed by atoms with Crippen LogP contribution in [0.4, 0.5) is 0 Å². The minimum absolute atomic E-state index is 0.0776. The molecule has 1 atom stereocenters. The zero-order chi connectivity index (χ0) is 22.0. The summed E-state index contributed by atoms with van der Waals surface area (Å²) < 4.78 is 1.57. The van der Waals surface area contributed by atoms with E-state index in [9.17, 15) is 14.4 Å². The number of Topliss-reactive ketones (excluding diaryl/α,β-unsaturated/α-hetero) is 1. The number of ketones is 1. The summed E-state index contributed by atoms with van der Waals surface area (Å²) in [5, 5.41) is 3.47. The SMILES string of the molecule is Cc1ncc(C(=O)NC(Cc2c[nH]c3cnccc23)C(=O)C(N)=O)n1-c1ccccn1. The fraction of sp³-hybridized carbons (Fsp3) is 0.143. The monoisotopic (exact) mass is 417 g/mol. The average molecular weight is 417 g/mol. The second-order valence-corrected chi connectivity index (χ2v) is 6.91. The Balaban J connectivity index is 1.65. The van der Waals surface area contributed by atoms with Gasteiger partial charge in [-0.2, -0.15) is 0 Å². The van der Waals surface area contributed by atoms with Gasteiger partial charge in [0.25, 0.3) is 11.8 Å². The number of nitrogens with zero attached hydrogens (tertiary/aromatic N) is 4. The normalized spacial score (nSPS) is 11.9. The molecule has 4 N–H and O–H groups in total. The van der Waals surface area contributed by atoms with Crippen molar-refractivity contribution < 1.29 is 14.4 Å². The van der Waals surface area contributed by atoms with E-state index in [0.29, 0.717) is 11.6 Å². The third-order valence-electron chi connectivity index (χ3n) is 4.91. The number of carbonyl (C=O) groups excluding carboxylic acids is 3. The molecule has 0 bridgehead atoms. The number of hydrogen-bond acceptors (Lipinski definition) is 6. The maximum absolute atomic E-state index is 13.1. The maximum atomic E-state index is 13.1.